The molecule has 1 aromatic carbocycles. The number of hydrogen-bond acceptors (Lipinski definition) is 5. The largest absolute Gasteiger partial charge is 0.338 e. The summed E-state index contributed by atoms with van der Waals surface area (Å²) in [7, 11) is 1.62. The normalized spacial score (nSPS) is 18.7. The van der Waals surface area contributed by atoms with E-state index in [1.54, 1.807) is 25.3 Å². The summed E-state index contributed by atoms with van der Waals surface area (Å²) in [4.78, 5) is 47.2. The Morgan fingerprint density at radius 1 is 1.26 bits per heavy atom. The Morgan fingerprint density at radius 2 is 1.94 bits per heavy atom. The van der Waals surface area contributed by atoms with E-state index < -0.39 is 23.3 Å². The standard InChI is InChI=1S/C21H22FN5O3S/c1-12-9-26-16(13(2)23-20(26)31-12)10-25(4)17(28)11-27-18(29)21(3,24-19(27)30)14-5-7-15(22)8-6-14/h5-9H,10-11H2,1-4H3,(H,24,30). The summed E-state index contributed by atoms with van der Waals surface area (Å²) < 4.78 is 15.2. The maximum atomic E-state index is 13.3. The first kappa shape index (κ1) is 21.0. The fourth-order valence-electron chi connectivity index (χ4n) is 3.69. The highest BCUT2D eigenvalue weighted by atomic mass is 32.1. The number of fused-ring (bicyclic) bond motifs is 1. The van der Waals surface area contributed by atoms with E-state index in [0.29, 0.717) is 12.1 Å². The molecule has 8 nitrogen and oxygen atoms in total. The molecule has 1 fully saturated rings. The van der Waals surface area contributed by atoms with E-state index in [4.69, 9.17) is 0 Å². The lowest BCUT2D eigenvalue weighted by Gasteiger charge is -2.23. The summed E-state index contributed by atoms with van der Waals surface area (Å²) in [6.45, 7) is 5.32. The van der Waals surface area contributed by atoms with Gasteiger partial charge in [0.05, 0.1) is 17.9 Å². The Kier molecular flexibility index (Phi) is 5.04. The topological polar surface area (TPSA) is 87.0 Å². The van der Waals surface area contributed by atoms with E-state index in [1.165, 1.54) is 29.2 Å². The zero-order chi connectivity index (χ0) is 22.5. The lowest BCUT2D eigenvalue weighted by molar-refractivity contribution is -0.138. The third-order valence-corrected chi connectivity index (χ3v) is 6.44. The van der Waals surface area contributed by atoms with Gasteiger partial charge in [-0.25, -0.2) is 14.2 Å². The molecule has 1 aliphatic heterocycles. The Morgan fingerprint density at radius 3 is 2.61 bits per heavy atom. The van der Waals surface area contributed by atoms with Gasteiger partial charge in [0.2, 0.25) is 5.91 Å². The van der Waals surface area contributed by atoms with Gasteiger partial charge in [-0.15, -0.1) is 11.3 Å². The van der Waals surface area contributed by atoms with Gasteiger partial charge < -0.3 is 10.2 Å². The fourth-order valence-corrected chi connectivity index (χ4v) is 4.58. The van der Waals surface area contributed by atoms with Gasteiger partial charge in [-0.3, -0.25) is 18.9 Å². The second-order valence-corrected chi connectivity index (χ2v) is 9.05. The third-order valence-electron chi connectivity index (χ3n) is 5.54. The van der Waals surface area contributed by atoms with Crippen LogP contribution in [0.5, 0.6) is 0 Å². The zero-order valence-corrected chi connectivity index (χ0v) is 18.4. The van der Waals surface area contributed by atoms with Crippen molar-refractivity contribution in [3.05, 3.63) is 58.1 Å². The zero-order valence-electron chi connectivity index (χ0n) is 17.6. The lowest BCUT2D eigenvalue weighted by atomic mass is 9.92. The van der Waals surface area contributed by atoms with Gasteiger partial charge in [0.15, 0.2) is 4.96 Å². The van der Waals surface area contributed by atoms with Gasteiger partial charge in [-0.1, -0.05) is 12.1 Å². The highest BCUT2D eigenvalue weighted by Crippen LogP contribution is 2.29. The van der Waals surface area contributed by atoms with Gasteiger partial charge in [-0.2, -0.15) is 0 Å². The number of carbonyl (C=O) groups excluding carboxylic acids is 3. The molecule has 1 unspecified atom stereocenters. The van der Waals surface area contributed by atoms with Crippen LogP contribution < -0.4 is 5.32 Å². The van der Waals surface area contributed by atoms with Crippen LogP contribution in [0.2, 0.25) is 0 Å². The van der Waals surface area contributed by atoms with Crippen LogP contribution in [0.25, 0.3) is 4.96 Å². The number of thiazole rings is 1. The van der Waals surface area contributed by atoms with Gasteiger partial charge in [0.1, 0.15) is 17.9 Å². The number of benzene rings is 1. The summed E-state index contributed by atoms with van der Waals surface area (Å²) in [5.41, 5.74) is 0.792. The molecule has 0 radical (unpaired) electrons. The van der Waals surface area contributed by atoms with Crippen molar-refractivity contribution in [2.45, 2.75) is 32.9 Å². The molecule has 1 N–H and O–H groups in total. The summed E-state index contributed by atoms with van der Waals surface area (Å²) in [5.74, 6) is -1.38. The molecule has 0 bridgehead atoms. The maximum absolute atomic E-state index is 13.3. The van der Waals surface area contributed by atoms with E-state index >= 15 is 0 Å². The number of halogens is 1. The fraction of sp³-hybridized carbons (Fsp3) is 0.333. The van der Waals surface area contributed by atoms with Crippen LogP contribution in [0, 0.1) is 19.7 Å². The first-order valence-corrected chi connectivity index (χ1v) is 10.5. The predicted molar refractivity (Wildman–Crippen MR) is 113 cm³/mol. The van der Waals surface area contributed by atoms with E-state index in [2.05, 4.69) is 10.3 Å². The number of likely N-dealkylation sites (N-methyl/N-ethyl adjacent to an activating group) is 1. The molecule has 1 saturated heterocycles. The molecule has 4 rings (SSSR count). The molecular weight excluding hydrogens is 421 g/mol. The van der Waals surface area contributed by atoms with Crippen LogP contribution in [-0.4, -0.2) is 50.6 Å². The molecule has 0 aliphatic carbocycles. The monoisotopic (exact) mass is 443 g/mol. The van der Waals surface area contributed by atoms with E-state index in [-0.39, 0.29) is 12.5 Å². The Hall–Kier alpha value is -3.27. The highest BCUT2D eigenvalue weighted by molar-refractivity contribution is 7.17. The average molecular weight is 444 g/mol. The van der Waals surface area contributed by atoms with Gasteiger partial charge in [-0.05, 0) is 38.5 Å². The molecular formula is C21H22FN5O3S. The first-order chi connectivity index (χ1) is 14.6. The smallest absolute Gasteiger partial charge is 0.325 e. The quantitative estimate of drug-likeness (QED) is 0.614. The van der Waals surface area contributed by atoms with Crippen LogP contribution in [0.3, 0.4) is 0 Å². The molecule has 162 valence electrons. The molecule has 10 heteroatoms. The predicted octanol–water partition coefficient (Wildman–Crippen LogP) is 2.58. The number of aryl methyl sites for hydroxylation is 2. The number of urea groups is 1. The minimum atomic E-state index is -1.36. The van der Waals surface area contributed by atoms with Crippen molar-refractivity contribution < 1.29 is 18.8 Å². The van der Waals surface area contributed by atoms with E-state index in [9.17, 15) is 18.8 Å². The second-order valence-electron chi connectivity index (χ2n) is 7.84. The number of hydrogen-bond donors (Lipinski definition) is 1. The molecule has 0 spiro atoms. The van der Waals surface area contributed by atoms with Crippen LogP contribution >= 0.6 is 11.3 Å². The number of imidazole rings is 1. The van der Waals surface area contributed by atoms with E-state index in [0.717, 1.165) is 26.1 Å². The Labute approximate surface area is 182 Å². The van der Waals surface area contributed by atoms with Crippen LogP contribution in [0.15, 0.2) is 30.5 Å². The minimum absolute atomic E-state index is 0.293. The summed E-state index contributed by atoms with van der Waals surface area (Å²) in [6.07, 6.45) is 1.97. The van der Waals surface area contributed by atoms with Crippen molar-refractivity contribution in [3.8, 4) is 0 Å². The molecule has 3 aromatic rings. The molecule has 0 saturated carbocycles. The van der Waals surface area contributed by atoms with E-state index in [1.807, 2.05) is 24.4 Å². The van der Waals surface area contributed by atoms with Crippen molar-refractivity contribution in [2.24, 2.45) is 0 Å². The molecule has 3 heterocycles. The molecule has 1 aliphatic rings. The molecule has 4 amide bonds. The van der Waals surface area contributed by atoms with Crippen molar-refractivity contribution in [2.75, 3.05) is 13.6 Å². The van der Waals surface area contributed by atoms with Crippen molar-refractivity contribution >= 4 is 34.1 Å². The van der Waals surface area contributed by atoms with Crippen molar-refractivity contribution in [1.82, 2.24) is 24.5 Å². The second kappa shape index (κ2) is 7.45. The van der Waals surface area contributed by atoms with Gasteiger partial charge in [0, 0.05) is 18.1 Å². The minimum Gasteiger partial charge on any atom is -0.338 e. The third kappa shape index (κ3) is 3.56. The van der Waals surface area contributed by atoms with Crippen molar-refractivity contribution in [1.29, 1.82) is 0 Å². The number of aromatic nitrogens is 2. The van der Waals surface area contributed by atoms with Crippen molar-refractivity contribution in [3.63, 3.8) is 0 Å². The summed E-state index contributed by atoms with van der Waals surface area (Å²) >= 11 is 1.57. The maximum Gasteiger partial charge on any atom is 0.325 e. The number of rotatable bonds is 5. The molecule has 1 atom stereocenters. The lowest BCUT2D eigenvalue weighted by Crippen LogP contribution is -2.43. The van der Waals surface area contributed by atoms with Gasteiger partial charge >= 0.3 is 6.03 Å². The Bertz CT molecular complexity index is 1200. The number of nitrogens with one attached hydrogen (secondary N) is 1. The highest BCUT2D eigenvalue weighted by Gasteiger charge is 2.49. The van der Waals surface area contributed by atoms with Crippen LogP contribution in [-0.2, 0) is 21.7 Å². The molecule has 31 heavy (non-hydrogen) atoms. The molecule has 2 aromatic heterocycles. The average Bonchev–Trinajstić information content (AvgIpc) is 3.28. The number of carbonyl (C=O) groups is 3. The van der Waals surface area contributed by atoms with Crippen LogP contribution in [0.1, 0.15) is 28.8 Å². The number of nitrogens with zero attached hydrogens (tertiary/aromatic N) is 4. The van der Waals surface area contributed by atoms with Gasteiger partial charge in [0.25, 0.3) is 5.91 Å². The Balaban J connectivity index is 1.49. The SMILES string of the molecule is Cc1cn2c(CN(C)C(=O)CN3C(=O)NC(C)(c4ccc(F)cc4)C3=O)c(C)nc2s1. The summed E-state index contributed by atoms with van der Waals surface area (Å²) in [5, 5.41) is 2.62. The van der Waals surface area contributed by atoms with Crippen LogP contribution in [0.4, 0.5) is 9.18 Å². The number of amides is 4. The first-order valence-electron chi connectivity index (χ1n) is 9.68. The summed E-state index contributed by atoms with van der Waals surface area (Å²) in [6, 6.07) is 4.68. The number of imide groups is 1.